The van der Waals surface area contributed by atoms with Crippen molar-refractivity contribution in [2.24, 2.45) is 5.92 Å². The lowest BCUT2D eigenvalue weighted by Gasteiger charge is -2.43. The maximum Gasteiger partial charge on any atom is 0.338 e. The number of benzene rings is 1. The number of hydrogen-bond acceptors (Lipinski definition) is 6. The molecule has 1 aromatic rings. The molecule has 1 unspecified atom stereocenters. The van der Waals surface area contributed by atoms with E-state index in [1.807, 2.05) is 33.8 Å². The molecule has 0 saturated carbocycles. The lowest BCUT2D eigenvalue weighted by atomic mass is 9.99. The summed E-state index contributed by atoms with van der Waals surface area (Å²) in [6.45, 7) is 11.7. The van der Waals surface area contributed by atoms with Crippen molar-refractivity contribution in [2.45, 2.75) is 84.4 Å². The van der Waals surface area contributed by atoms with Crippen molar-refractivity contribution < 1.29 is 28.5 Å². The van der Waals surface area contributed by atoms with E-state index < -0.39 is 17.4 Å². The zero-order valence-corrected chi connectivity index (χ0v) is 18.4. The molecule has 1 fully saturated rings. The third kappa shape index (κ3) is 8.15. The quantitative estimate of drug-likeness (QED) is 0.621. The van der Waals surface area contributed by atoms with Crippen molar-refractivity contribution >= 4 is 11.9 Å². The van der Waals surface area contributed by atoms with Crippen molar-refractivity contribution in [3.05, 3.63) is 35.9 Å². The molecular formula is C23H34O6. The highest BCUT2D eigenvalue weighted by Crippen LogP contribution is 2.34. The zero-order chi connectivity index (χ0) is 21.7. The van der Waals surface area contributed by atoms with Gasteiger partial charge in [-0.05, 0) is 45.7 Å². The van der Waals surface area contributed by atoms with E-state index in [0.29, 0.717) is 24.3 Å². The standard InChI is InChI=1S/C23H34O6/c1-16(2)14-23(6)27-18(13-20(24)29-22(3,4)5)12-19(28-23)15-26-21(25)17-10-8-7-9-11-17/h7-11,16,18-19H,12-15H2,1-6H3/t18-,19+,23?/m1/s1. The number of carbonyl (C=O) groups is 2. The number of carbonyl (C=O) groups excluding carboxylic acids is 2. The summed E-state index contributed by atoms with van der Waals surface area (Å²) in [6.07, 6.45) is 0.545. The van der Waals surface area contributed by atoms with E-state index in [1.54, 1.807) is 24.3 Å². The van der Waals surface area contributed by atoms with Crippen molar-refractivity contribution in [1.29, 1.82) is 0 Å². The van der Waals surface area contributed by atoms with Crippen molar-refractivity contribution in [2.75, 3.05) is 6.61 Å². The molecule has 2 rings (SSSR count). The van der Waals surface area contributed by atoms with Gasteiger partial charge in [0.2, 0.25) is 0 Å². The highest BCUT2D eigenvalue weighted by atomic mass is 16.7. The topological polar surface area (TPSA) is 71.1 Å². The first-order chi connectivity index (χ1) is 13.5. The Kier molecular flexibility index (Phi) is 7.83. The molecule has 0 amide bonds. The zero-order valence-electron chi connectivity index (χ0n) is 18.4. The highest BCUT2D eigenvalue weighted by Gasteiger charge is 2.41. The van der Waals surface area contributed by atoms with Crippen LogP contribution in [0, 0.1) is 5.92 Å². The Morgan fingerprint density at radius 1 is 1.14 bits per heavy atom. The highest BCUT2D eigenvalue weighted by molar-refractivity contribution is 5.89. The smallest absolute Gasteiger partial charge is 0.338 e. The van der Waals surface area contributed by atoms with Crippen LogP contribution in [-0.4, -0.2) is 42.1 Å². The van der Waals surface area contributed by atoms with Crippen molar-refractivity contribution in [3.63, 3.8) is 0 Å². The summed E-state index contributed by atoms with van der Waals surface area (Å²) < 4.78 is 23.2. The monoisotopic (exact) mass is 406 g/mol. The van der Waals surface area contributed by atoms with Gasteiger partial charge in [0.1, 0.15) is 12.2 Å². The molecular weight excluding hydrogens is 372 g/mol. The molecule has 1 aliphatic rings. The normalized spacial score (nSPS) is 24.9. The summed E-state index contributed by atoms with van der Waals surface area (Å²) in [5, 5.41) is 0. The predicted molar refractivity (Wildman–Crippen MR) is 109 cm³/mol. The average Bonchev–Trinajstić information content (AvgIpc) is 2.57. The number of rotatable bonds is 7. The second-order valence-corrected chi connectivity index (χ2v) is 9.20. The van der Waals surface area contributed by atoms with Gasteiger partial charge in [-0.15, -0.1) is 0 Å². The molecule has 3 atom stereocenters. The lowest BCUT2D eigenvalue weighted by Crippen LogP contribution is -2.49. The fourth-order valence-corrected chi connectivity index (χ4v) is 3.58. The van der Waals surface area contributed by atoms with Crippen LogP contribution in [0.1, 0.15) is 71.2 Å². The van der Waals surface area contributed by atoms with E-state index in [4.69, 9.17) is 18.9 Å². The maximum absolute atomic E-state index is 12.3. The first-order valence-corrected chi connectivity index (χ1v) is 10.3. The number of ether oxygens (including phenoxy) is 4. The minimum absolute atomic E-state index is 0.107. The van der Waals surface area contributed by atoms with E-state index in [9.17, 15) is 9.59 Å². The van der Waals surface area contributed by atoms with Gasteiger partial charge in [0, 0.05) is 12.8 Å². The summed E-state index contributed by atoms with van der Waals surface area (Å²) in [7, 11) is 0. The molecule has 0 spiro atoms. The Morgan fingerprint density at radius 3 is 2.34 bits per heavy atom. The Bertz CT molecular complexity index is 678. The predicted octanol–water partition coefficient (Wildman–Crippen LogP) is 4.51. The van der Waals surface area contributed by atoms with E-state index in [0.717, 1.165) is 0 Å². The van der Waals surface area contributed by atoms with Gasteiger partial charge in [0.25, 0.3) is 0 Å². The van der Waals surface area contributed by atoms with Crippen LogP contribution in [0.25, 0.3) is 0 Å². The summed E-state index contributed by atoms with van der Waals surface area (Å²) in [5.41, 5.74) is -0.0523. The summed E-state index contributed by atoms with van der Waals surface area (Å²) >= 11 is 0. The Labute approximate surface area is 173 Å². The molecule has 1 saturated heterocycles. The van der Waals surface area contributed by atoms with Gasteiger partial charge in [0.15, 0.2) is 5.79 Å². The molecule has 0 aliphatic carbocycles. The van der Waals surface area contributed by atoms with Crippen molar-refractivity contribution in [1.82, 2.24) is 0 Å². The van der Waals surface area contributed by atoms with Crippen LogP contribution in [-0.2, 0) is 23.7 Å². The molecule has 6 heteroatoms. The van der Waals surface area contributed by atoms with Gasteiger partial charge in [-0.3, -0.25) is 4.79 Å². The van der Waals surface area contributed by atoms with Crippen LogP contribution >= 0.6 is 0 Å². The van der Waals surface area contributed by atoms with E-state index in [-0.39, 0.29) is 31.2 Å². The number of hydrogen-bond donors (Lipinski definition) is 0. The first-order valence-electron chi connectivity index (χ1n) is 10.3. The minimum atomic E-state index is -0.844. The lowest BCUT2D eigenvalue weighted by molar-refractivity contribution is -0.318. The van der Waals surface area contributed by atoms with E-state index in [2.05, 4.69) is 13.8 Å². The van der Waals surface area contributed by atoms with Gasteiger partial charge in [-0.25, -0.2) is 4.79 Å². The summed E-state index contributed by atoms with van der Waals surface area (Å²) in [6, 6.07) is 8.84. The SMILES string of the molecule is CC(C)CC1(C)O[C@H](COC(=O)c2ccccc2)C[C@H](CC(=O)OC(C)(C)C)O1. The van der Waals surface area contributed by atoms with E-state index >= 15 is 0 Å². The first kappa shape index (κ1) is 23.4. The van der Waals surface area contributed by atoms with Gasteiger partial charge in [-0.1, -0.05) is 32.0 Å². The van der Waals surface area contributed by atoms with Crippen LogP contribution in [0.3, 0.4) is 0 Å². The third-order valence-corrected chi connectivity index (χ3v) is 4.36. The summed E-state index contributed by atoms with van der Waals surface area (Å²) in [4.78, 5) is 24.5. The molecule has 1 aliphatic heterocycles. The van der Waals surface area contributed by atoms with Gasteiger partial charge in [-0.2, -0.15) is 0 Å². The second kappa shape index (κ2) is 9.72. The number of esters is 2. The van der Waals surface area contributed by atoms with Gasteiger partial charge in [0.05, 0.1) is 24.2 Å². The molecule has 0 N–H and O–H groups in total. The van der Waals surface area contributed by atoms with Crippen LogP contribution in [0.15, 0.2) is 30.3 Å². The molecule has 0 bridgehead atoms. The summed E-state index contributed by atoms with van der Waals surface area (Å²) in [5.74, 6) is -1.21. The third-order valence-electron chi connectivity index (χ3n) is 4.36. The fraction of sp³-hybridized carbons (Fsp3) is 0.652. The van der Waals surface area contributed by atoms with Crippen LogP contribution < -0.4 is 0 Å². The second-order valence-electron chi connectivity index (χ2n) is 9.20. The van der Waals surface area contributed by atoms with Crippen LogP contribution in [0.2, 0.25) is 0 Å². The van der Waals surface area contributed by atoms with Gasteiger partial charge >= 0.3 is 11.9 Å². The maximum atomic E-state index is 12.3. The van der Waals surface area contributed by atoms with E-state index in [1.165, 1.54) is 0 Å². The van der Waals surface area contributed by atoms with Crippen molar-refractivity contribution in [3.8, 4) is 0 Å². The minimum Gasteiger partial charge on any atom is -0.460 e. The largest absolute Gasteiger partial charge is 0.460 e. The molecule has 1 aromatic carbocycles. The Morgan fingerprint density at radius 2 is 1.76 bits per heavy atom. The molecule has 0 radical (unpaired) electrons. The van der Waals surface area contributed by atoms with Gasteiger partial charge < -0.3 is 18.9 Å². The fourth-order valence-electron chi connectivity index (χ4n) is 3.58. The average molecular weight is 407 g/mol. The Balaban J connectivity index is 2.02. The molecule has 29 heavy (non-hydrogen) atoms. The molecule has 1 heterocycles. The molecule has 6 nitrogen and oxygen atoms in total. The molecule has 162 valence electrons. The van der Waals surface area contributed by atoms with Crippen LogP contribution in [0.4, 0.5) is 0 Å². The van der Waals surface area contributed by atoms with Crippen LogP contribution in [0.5, 0.6) is 0 Å². The Hall–Kier alpha value is -1.92. The molecule has 0 aromatic heterocycles.